The third kappa shape index (κ3) is 3.94. The lowest BCUT2D eigenvalue weighted by Gasteiger charge is -2.35. The second-order valence-electron chi connectivity index (χ2n) is 6.58. The number of rotatable bonds is 6. The summed E-state index contributed by atoms with van der Waals surface area (Å²) in [6, 6.07) is 8.81. The van der Waals surface area contributed by atoms with E-state index < -0.39 is 0 Å². The first-order chi connectivity index (χ1) is 12.6. The van der Waals surface area contributed by atoms with Gasteiger partial charge >= 0.3 is 6.03 Å². The van der Waals surface area contributed by atoms with Gasteiger partial charge in [0.1, 0.15) is 6.54 Å². The van der Waals surface area contributed by atoms with Crippen LogP contribution in [0.25, 0.3) is 0 Å². The Balaban J connectivity index is 1.55. The first-order valence-corrected chi connectivity index (χ1v) is 8.88. The molecule has 2 aliphatic heterocycles. The molecule has 0 radical (unpaired) electrons. The Morgan fingerprint density at radius 1 is 1.19 bits per heavy atom. The van der Waals surface area contributed by atoms with Gasteiger partial charge in [0.2, 0.25) is 5.91 Å². The van der Waals surface area contributed by atoms with E-state index in [0.29, 0.717) is 18.8 Å². The maximum absolute atomic E-state index is 12.7. The molecule has 2 fully saturated rings. The number of urea groups is 1. The van der Waals surface area contributed by atoms with Crippen LogP contribution in [0.15, 0.2) is 43.0 Å². The fourth-order valence-corrected chi connectivity index (χ4v) is 3.47. The van der Waals surface area contributed by atoms with Crippen molar-refractivity contribution in [2.45, 2.75) is 18.9 Å². The molecule has 1 aromatic carbocycles. The second kappa shape index (κ2) is 8.14. The predicted molar refractivity (Wildman–Crippen MR) is 98.7 cm³/mol. The van der Waals surface area contributed by atoms with Gasteiger partial charge < -0.3 is 10.2 Å². The molecule has 138 valence electrons. The molecule has 7 nitrogen and oxygen atoms in total. The van der Waals surface area contributed by atoms with Crippen LogP contribution in [-0.2, 0) is 9.59 Å². The number of nitrogens with one attached hydrogen (secondary N) is 1. The van der Waals surface area contributed by atoms with Crippen molar-refractivity contribution >= 4 is 23.5 Å². The number of imide groups is 1. The number of benzene rings is 1. The molecule has 2 aliphatic rings. The summed E-state index contributed by atoms with van der Waals surface area (Å²) < 4.78 is 0. The van der Waals surface area contributed by atoms with Gasteiger partial charge in [0.25, 0.3) is 5.91 Å². The van der Waals surface area contributed by atoms with E-state index in [4.69, 9.17) is 0 Å². The highest BCUT2D eigenvalue weighted by molar-refractivity contribution is 6.19. The molecule has 3 rings (SSSR count). The van der Waals surface area contributed by atoms with Gasteiger partial charge in [-0.2, -0.15) is 0 Å². The van der Waals surface area contributed by atoms with E-state index in [-0.39, 0.29) is 30.4 Å². The van der Waals surface area contributed by atoms with E-state index in [2.05, 4.69) is 16.8 Å². The molecule has 0 aliphatic carbocycles. The molecule has 0 saturated carbocycles. The van der Waals surface area contributed by atoms with Crippen molar-refractivity contribution < 1.29 is 14.4 Å². The average Bonchev–Trinajstić information content (AvgIpc) is 2.95. The second-order valence-corrected chi connectivity index (χ2v) is 6.58. The molecule has 0 unspecified atom stereocenters. The molecule has 7 heteroatoms. The van der Waals surface area contributed by atoms with E-state index in [1.807, 2.05) is 18.2 Å². The molecule has 1 N–H and O–H groups in total. The molecule has 0 spiro atoms. The molecule has 0 aromatic heterocycles. The number of nitrogens with zero attached hydrogens (tertiary/aromatic N) is 3. The third-order valence-electron chi connectivity index (χ3n) is 4.82. The van der Waals surface area contributed by atoms with Gasteiger partial charge in [0.15, 0.2) is 0 Å². The Kier molecular flexibility index (Phi) is 5.68. The number of para-hydroxylation sites is 1. The molecule has 26 heavy (non-hydrogen) atoms. The number of piperidine rings is 1. The summed E-state index contributed by atoms with van der Waals surface area (Å²) in [4.78, 5) is 41.9. The van der Waals surface area contributed by atoms with Gasteiger partial charge in [0.05, 0.1) is 12.2 Å². The monoisotopic (exact) mass is 356 g/mol. The highest BCUT2D eigenvalue weighted by Gasteiger charge is 2.41. The summed E-state index contributed by atoms with van der Waals surface area (Å²) in [6.45, 7) is 5.98. The smallest absolute Gasteiger partial charge is 0.332 e. The molecule has 0 bridgehead atoms. The van der Waals surface area contributed by atoms with Crippen LogP contribution in [0.2, 0.25) is 0 Å². The van der Waals surface area contributed by atoms with Crippen molar-refractivity contribution in [2.24, 2.45) is 0 Å². The number of hydrogen-bond donors (Lipinski definition) is 1. The minimum absolute atomic E-state index is 0.0222. The number of carbonyl (C=O) groups excluding carboxylic acids is 3. The van der Waals surface area contributed by atoms with Gasteiger partial charge in [-0.1, -0.05) is 24.3 Å². The fraction of sp³-hybridized carbons (Fsp3) is 0.421. The summed E-state index contributed by atoms with van der Waals surface area (Å²) in [5, 5.41) is 2.77. The molecule has 2 heterocycles. The summed E-state index contributed by atoms with van der Waals surface area (Å²) >= 11 is 0. The topological polar surface area (TPSA) is 73.0 Å². The summed E-state index contributed by atoms with van der Waals surface area (Å²) in [7, 11) is 0. The van der Waals surface area contributed by atoms with E-state index in [1.54, 1.807) is 23.1 Å². The zero-order chi connectivity index (χ0) is 18.5. The van der Waals surface area contributed by atoms with Crippen molar-refractivity contribution in [3.63, 3.8) is 0 Å². The van der Waals surface area contributed by atoms with Crippen molar-refractivity contribution in [3.8, 4) is 0 Å². The molecule has 2 saturated heterocycles. The van der Waals surface area contributed by atoms with Gasteiger partial charge in [-0.05, 0) is 25.0 Å². The lowest BCUT2D eigenvalue weighted by atomic mass is 10.0. The minimum Gasteiger partial charge on any atom is -0.352 e. The van der Waals surface area contributed by atoms with Crippen LogP contribution in [-0.4, -0.2) is 66.4 Å². The Labute approximate surface area is 153 Å². The Bertz CT molecular complexity index is 683. The molecule has 4 amide bonds. The van der Waals surface area contributed by atoms with Crippen LogP contribution in [0.3, 0.4) is 0 Å². The number of amides is 4. The third-order valence-corrected chi connectivity index (χ3v) is 4.82. The highest BCUT2D eigenvalue weighted by atomic mass is 16.2. The average molecular weight is 356 g/mol. The minimum atomic E-state index is -0.247. The van der Waals surface area contributed by atoms with E-state index in [9.17, 15) is 14.4 Å². The van der Waals surface area contributed by atoms with Crippen LogP contribution < -0.4 is 10.2 Å². The first-order valence-electron chi connectivity index (χ1n) is 8.88. The Morgan fingerprint density at radius 2 is 1.88 bits per heavy atom. The lowest BCUT2D eigenvalue weighted by Crippen LogP contribution is -2.48. The van der Waals surface area contributed by atoms with E-state index >= 15 is 0 Å². The largest absolute Gasteiger partial charge is 0.352 e. The number of hydrogen-bond acceptors (Lipinski definition) is 4. The van der Waals surface area contributed by atoms with Crippen LogP contribution in [0, 0.1) is 0 Å². The molecular formula is C19H24N4O3. The standard InChI is InChI=1S/C19H24N4O3/c1-2-10-20-17(24)13-21-11-8-15(9-12-21)22-14-18(25)23(19(22)26)16-6-4-3-5-7-16/h2-7,15H,1,8-14H2,(H,20,24). The van der Waals surface area contributed by atoms with Crippen molar-refractivity contribution in [3.05, 3.63) is 43.0 Å². The predicted octanol–water partition coefficient (Wildman–Crippen LogP) is 1.22. The highest BCUT2D eigenvalue weighted by Crippen LogP contribution is 2.26. The van der Waals surface area contributed by atoms with Gasteiger partial charge in [-0.3, -0.25) is 14.5 Å². The van der Waals surface area contributed by atoms with Crippen molar-refractivity contribution in [1.29, 1.82) is 0 Å². The summed E-state index contributed by atoms with van der Waals surface area (Å²) in [6.07, 6.45) is 3.17. The molecule has 1 aromatic rings. The summed E-state index contributed by atoms with van der Waals surface area (Å²) in [5.74, 6) is -0.210. The molecule has 0 atom stereocenters. The van der Waals surface area contributed by atoms with Gasteiger partial charge in [0, 0.05) is 25.7 Å². The van der Waals surface area contributed by atoms with E-state index in [1.165, 1.54) is 4.90 Å². The van der Waals surface area contributed by atoms with Gasteiger partial charge in [-0.15, -0.1) is 6.58 Å². The van der Waals surface area contributed by atoms with Crippen molar-refractivity contribution in [1.82, 2.24) is 15.1 Å². The zero-order valence-corrected chi connectivity index (χ0v) is 14.8. The Morgan fingerprint density at radius 3 is 2.54 bits per heavy atom. The lowest BCUT2D eigenvalue weighted by molar-refractivity contribution is -0.122. The maximum atomic E-state index is 12.7. The van der Waals surface area contributed by atoms with Crippen LogP contribution in [0.4, 0.5) is 10.5 Å². The van der Waals surface area contributed by atoms with Crippen molar-refractivity contribution in [2.75, 3.05) is 37.6 Å². The Hall–Kier alpha value is -2.67. The van der Waals surface area contributed by atoms with E-state index in [0.717, 1.165) is 25.9 Å². The van der Waals surface area contributed by atoms with Crippen LogP contribution in [0.1, 0.15) is 12.8 Å². The SMILES string of the molecule is C=CCNC(=O)CN1CCC(N2CC(=O)N(c3ccccc3)C2=O)CC1. The maximum Gasteiger partial charge on any atom is 0.332 e. The van der Waals surface area contributed by atoms with Crippen LogP contribution in [0.5, 0.6) is 0 Å². The number of anilines is 1. The van der Waals surface area contributed by atoms with Gasteiger partial charge in [-0.25, -0.2) is 9.69 Å². The summed E-state index contributed by atoms with van der Waals surface area (Å²) in [5.41, 5.74) is 0.612. The zero-order valence-electron chi connectivity index (χ0n) is 14.8. The number of likely N-dealkylation sites (tertiary alicyclic amines) is 1. The van der Waals surface area contributed by atoms with Crippen LogP contribution >= 0.6 is 0 Å². The quantitative estimate of drug-likeness (QED) is 0.614. The molecular weight excluding hydrogens is 332 g/mol. The fourth-order valence-electron chi connectivity index (χ4n) is 3.47. The normalized spacial score (nSPS) is 19.1. The first kappa shape index (κ1) is 18.1. The number of carbonyl (C=O) groups is 3.